The van der Waals surface area contributed by atoms with Crippen LogP contribution in [0.5, 0.6) is 0 Å². The zero-order valence-electron chi connectivity index (χ0n) is 9.78. The molecule has 4 heteroatoms. The fourth-order valence-electron chi connectivity index (χ4n) is 2.17. The number of rotatable bonds is 2. The summed E-state index contributed by atoms with van der Waals surface area (Å²) in [6.45, 7) is 0. The zero-order chi connectivity index (χ0) is 11.4. The normalized spacial score (nSPS) is 18.1. The van der Waals surface area contributed by atoms with Crippen LogP contribution in [0.1, 0.15) is 38.5 Å². The summed E-state index contributed by atoms with van der Waals surface area (Å²) in [6.07, 6.45) is 9.19. The van der Waals surface area contributed by atoms with Crippen molar-refractivity contribution in [2.45, 2.75) is 44.6 Å². The fraction of sp³-hybridized carbons (Fsp3) is 0.667. The van der Waals surface area contributed by atoms with E-state index in [-0.39, 0.29) is 5.56 Å². The molecule has 1 fully saturated rings. The van der Waals surface area contributed by atoms with Gasteiger partial charge in [0.2, 0.25) is 0 Å². The Balaban J connectivity index is 2.02. The van der Waals surface area contributed by atoms with E-state index in [0.29, 0.717) is 6.04 Å². The molecule has 1 N–H and O–H groups in total. The minimum Gasteiger partial charge on any atom is -0.367 e. The number of aromatic nitrogens is 2. The molecule has 16 heavy (non-hydrogen) atoms. The van der Waals surface area contributed by atoms with Crippen LogP contribution in [0.2, 0.25) is 0 Å². The van der Waals surface area contributed by atoms with Crippen molar-refractivity contribution in [2.24, 2.45) is 7.05 Å². The molecule has 0 unspecified atom stereocenters. The highest BCUT2D eigenvalue weighted by atomic mass is 16.1. The first-order valence-electron chi connectivity index (χ1n) is 6.05. The quantitative estimate of drug-likeness (QED) is 0.776. The summed E-state index contributed by atoms with van der Waals surface area (Å²) in [7, 11) is 1.71. The third-order valence-corrected chi connectivity index (χ3v) is 3.19. The van der Waals surface area contributed by atoms with Gasteiger partial charge < -0.3 is 9.88 Å². The van der Waals surface area contributed by atoms with Gasteiger partial charge in [-0.2, -0.15) is 0 Å². The lowest BCUT2D eigenvalue weighted by molar-refractivity contribution is 0.616. The van der Waals surface area contributed by atoms with E-state index in [1.54, 1.807) is 19.4 Å². The summed E-state index contributed by atoms with van der Waals surface area (Å²) in [5, 5.41) is 3.36. The molecule has 0 aromatic carbocycles. The molecule has 88 valence electrons. The van der Waals surface area contributed by atoms with Crippen molar-refractivity contribution in [1.82, 2.24) is 9.55 Å². The van der Waals surface area contributed by atoms with Crippen molar-refractivity contribution in [3.05, 3.63) is 22.7 Å². The van der Waals surface area contributed by atoms with Gasteiger partial charge >= 0.3 is 0 Å². The summed E-state index contributed by atoms with van der Waals surface area (Å²) >= 11 is 0. The number of anilines is 1. The minimum atomic E-state index is -0.00822. The van der Waals surface area contributed by atoms with Crippen LogP contribution in [0, 0.1) is 0 Å². The SMILES string of the molecule is Cn1cnc(NC2CCCCCC2)cc1=O. The number of hydrogen-bond acceptors (Lipinski definition) is 3. The molecular formula is C12H19N3O. The van der Waals surface area contributed by atoms with E-state index in [0.717, 1.165) is 5.82 Å². The van der Waals surface area contributed by atoms with Crippen LogP contribution in [0.4, 0.5) is 5.82 Å². The molecule has 1 heterocycles. The highest BCUT2D eigenvalue weighted by Crippen LogP contribution is 2.19. The molecule has 0 amide bonds. The second kappa shape index (κ2) is 5.14. The Morgan fingerprint density at radius 1 is 1.31 bits per heavy atom. The summed E-state index contributed by atoms with van der Waals surface area (Å²) in [4.78, 5) is 15.6. The summed E-state index contributed by atoms with van der Waals surface area (Å²) < 4.78 is 1.48. The lowest BCUT2D eigenvalue weighted by Gasteiger charge is -2.16. The van der Waals surface area contributed by atoms with Gasteiger partial charge in [-0.05, 0) is 12.8 Å². The molecule has 4 nitrogen and oxygen atoms in total. The number of nitrogens with zero attached hydrogens (tertiary/aromatic N) is 2. The Labute approximate surface area is 95.7 Å². The Morgan fingerprint density at radius 2 is 2.00 bits per heavy atom. The van der Waals surface area contributed by atoms with Gasteiger partial charge in [-0.1, -0.05) is 25.7 Å². The second-order valence-electron chi connectivity index (χ2n) is 4.56. The maximum absolute atomic E-state index is 11.4. The number of aryl methyl sites for hydroxylation is 1. The Morgan fingerprint density at radius 3 is 2.62 bits per heavy atom. The van der Waals surface area contributed by atoms with Gasteiger partial charge in [0, 0.05) is 19.2 Å². The van der Waals surface area contributed by atoms with E-state index in [9.17, 15) is 4.79 Å². The molecule has 1 saturated carbocycles. The largest absolute Gasteiger partial charge is 0.367 e. The molecule has 0 saturated heterocycles. The highest BCUT2D eigenvalue weighted by molar-refractivity contribution is 5.33. The average molecular weight is 221 g/mol. The van der Waals surface area contributed by atoms with Crippen LogP contribution >= 0.6 is 0 Å². The smallest absolute Gasteiger partial charge is 0.255 e. The van der Waals surface area contributed by atoms with Gasteiger partial charge in [0.1, 0.15) is 5.82 Å². The molecule has 0 bridgehead atoms. The van der Waals surface area contributed by atoms with Crippen molar-refractivity contribution >= 4 is 5.82 Å². The minimum absolute atomic E-state index is 0.00822. The van der Waals surface area contributed by atoms with Crippen LogP contribution in [-0.4, -0.2) is 15.6 Å². The van der Waals surface area contributed by atoms with Crippen LogP contribution in [0.25, 0.3) is 0 Å². The summed E-state index contributed by atoms with van der Waals surface area (Å²) in [6, 6.07) is 2.06. The van der Waals surface area contributed by atoms with Crippen molar-refractivity contribution in [1.29, 1.82) is 0 Å². The monoisotopic (exact) mass is 221 g/mol. The van der Waals surface area contributed by atoms with E-state index < -0.39 is 0 Å². The van der Waals surface area contributed by atoms with E-state index in [1.807, 2.05) is 0 Å². The Hall–Kier alpha value is -1.32. The zero-order valence-corrected chi connectivity index (χ0v) is 9.78. The number of nitrogens with one attached hydrogen (secondary N) is 1. The predicted molar refractivity (Wildman–Crippen MR) is 64.6 cm³/mol. The highest BCUT2D eigenvalue weighted by Gasteiger charge is 2.12. The van der Waals surface area contributed by atoms with Crippen molar-refractivity contribution in [3.63, 3.8) is 0 Å². The third kappa shape index (κ3) is 2.84. The van der Waals surface area contributed by atoms with Gasteiger partial charge in [0.15, 0.2) is 0 Å². The van der Waals surface area contributed by atoms with Gasteiger partial charge in [-0.15, -0.1) is 0 Å². The van der Waals surface area contributed by atoms with Gasteiger partial charge in [0.25, 0.3) is 5.56 Å². The Bertz CT molecular complexity index is 391. The van der Waals surface area contributed by atoms with Gasteiger partial charge in [0.05, 0.1) is 6.33 Å². The molecule has 0 aliphatic heterocycles. The van der Waals surface area contributed by atoms with E-state index >= 15 is 0 Å². The fourth-order valence-corrected chi connectivity index (χ4v) is 2.17. The first-order valence-corrected chi connectivity index (χ1v) is 6.05. The van der Waals surface area contributed by atoms with E-state index in [2.05, 4.69) is 10.3 Å². The molecule has 1 aromatic rings. The first kappa shape index (κ1) is 11.2. The van der Waals surface area contributed by atoms with E-state index in [1.165, 1.54) is 43.1 Å². The summed E-state index contributed by atoms with van der Waals surface area (Å²) in [5.74, 6) is 0.718. The molecule has 2 rings (SSSR count). The average Bonchev–Trinajstić information content (AvgIpc) is 2.52. The van der Waals surface area contributed by atoms with Gasteiger partial charge in [-0.25, -0.2) is 4.98 Å². The van der Waals surface area contributed by atoms with Crippen LogP contribution in [0.15, 0.2) is 17.2 Å². The lowest BCUT2D eigenvalue weighted by atomic mass is 10.1. The van der Waals surface area contributed by atoms with Gasteiger partial charge in [-0.3, -0.25) is 4.79 Å². The topological polar surface area (TPSA) is 46.9 Å². The van der Waals surface area contributed by atoms with Crippen molar-refractivity contribution in [3.8, 4) is 0 Å². The summed E-state index contributed by atoms with van der Waals surface area (Å²) in [5.41, 5.74) is -0.00822. The Kier molecular flexibility index (Phi) is 3.59. The first-order chi connectivity index (χ1) is 7.75. The molecular weight excluding hydrogens is 202 g/mol. The van der Waals surface area contributed by atoms with Crippen LogP contribution in [0.3, 0.4) is 0 Å². The lowest BCUT2D eigenvalue weighted by Crippen LogP contribution is -2.22. The standard InChI is InChI=1S/C12H19N3O/c1-15-9-13-11(8-12(15)16)14-10-6-4-2-3-5-7-10/h8-10,14H,2-7H2,1H3. The predicted octanol–water partition coefficient (Wildman–Crippen LogP) is 1.91. The van der Waals surface area contributed by atoms with Crippen LogP contribution < -0.4 is 10.9 Å². The third-order valence-electron chi connectivity index (χ3n) is 3.19. The molecule has 0 spiro atoms. The molecule has 1 aliphatic rings. The maximum atomic E-state index is 11.4. The molecule has 0 atom stereocenters. The maximum Gasteiger partial charge on any atom is 0.255 e. The molecule has 1 aliphatic carbocycles. The molecule has 0 radical (unpaired) electrons. The molecule has 1 aromatic heterocycles. The second-order valence-corrected chi connectivity index (χ2v) is 4.56. The number of hydrogen-bond donors (Lipinski definition) is 1. The van der Waals surface area contributed by atoms with E-state index in [4.69, 9.17) is 0 Å². The van der Waals surface area contributed by atoms with Crippen molar-refractivity contribution in [2.75, 3.05) is 5.32 Å². The van der Waals surface area contributed by atoms with Crippen LogP contribution in [-0.2, 0) is 7.05 Å². The van der Waals surface area contributed by atoms with Crippen molar-refractivity contribution < 1.29 is 0 Å².